The molecule has 0 aliphatic rings. The third-order valence-electron chi connectivity index (χ3n) is 3.86. The van der Waals surface area contributed by atoms with Gasteiger partial charge < -0.3 is 58.5 Å². The van der Waals surface area contributed by atoms with E-state index in [1.165, 1.54) is 0 Å². The average molecular weight is 525 g/mol. The van der Waals surface area contributed by atoms with Crippen molar-refractivity contribution in [3.05, 3.63) is 0 Å². The third-order valence-corrected chi connectivity index (χ3v) is 3.86. The van der Waals surface area contributed by atoms with E-state index in [-0.39, 0.29) is 70.8 Å². The van der Waals surface area contributed by atoms with Crippen molar-refractivity contribution < 1.29 is 53.2 Å². The summed E-state index contributed by atoms with van der Waals surface area (Å²) in [5.41, 5.74) is 0. The van der Waals surface area contributed by atoms with Crippen LogP contribution in [0.3, 0.4) is 0 Å². The van der Waals surface area contributed by atoms with E-state index in [9.17, 15) is 0 Å². The third kappa shape index (κ3) is 19.3. The molecule has 0 aliphatic carbocycles. The van der Waals surface area contributed by atoms with Gasteiger partial charge >= 0.3 is 12.0 Å². The maximum absolute atomic E-state index is 8.66. The van der Waals surface area contributed by atoms with Gasteiger partial charge in [0.05, 0.1) is 99.1 Å². The molecule has 0 saturated carbocycles. The number of anilines is 1. The minimum atomic E-state index is -0.0282. The quantitative estimate of drug-likeness (QED) is 0.0936. The highest BCUT2D eigenvalue weighted by atomic mass is 16.6. The summed E-state index contributed by atoms with van der Waals surface area (Å²) in [5.74, 6) is 0.256. The van der Waals surface area contributed by atoms with Crippen molar-refractivity contribution in [1.29, 1.82) is 0 Å². The highest BCUT2D eigenvalue weighted by molar-refractivity contribution is 5.27. The van der Waals surface area contributed by atoms with Crippen LogP contribution in [-0.4, -0.2) is 149 Å². The molecule has 0 amide bonds. The van der Waals surface area contributed by atoms with Crippen molar-refractivity contribution in [2.45, 2.75) is 0 Å². The number of nitrogens with one attached hydrogen (secondary N) is 1. The molecule has 1 aromatic heterocycles. The van der Waals surface area contributed by atoms with E-state index in [0.29, 0.717) is 66.0 Å². The molecule has 0 aromatic carbocycles. The second kappa shape index (κ2) is 24.7. The van der Waals surface area contributed by atoms with E-state index in [4.69, 9.17) is 53.2 Å². The molecular weight excluding hydrogens is 484 g/mol. The predicted molar refractivity (Wildman–Crippen MR) is 125 cm³/mol. The molecule has 0 fully saturated rings. The Hall–Kier alpha value is -1.95. The van der Waals surface area contributed by atoms with Gasteiger partial charge in [-0.2, -0.15) is 9.97 Å². The van der Waals surface area contributed by atoms with Gasteiger partial charge in [-0.15, -0.1) is 4.98 Å². The van der Waals surface area contributed by atoms with Crippen molar-refractivity contribution in [3.63, 3.8) is 0 Å². The molecule has 4 N–H and O–H groups in total. The van der Waals surface area contributed by atoms with Crippen LogP contribution in [0.2, 0.25) is 0 Å². The number of aliphatic hydroxyl groups is 3. The smallest absolute Gasteiger partial charge is 0.324 e. The summed E-state index contributed by atoms with van der Waals surface area (Å²) in [5, 5.41) is 29.0. The van der Waals surface area contributed by atoms with E-state index in [0.717, 1.165) is 0 Å². The molecule has 15 heteroatoms. The predicted octanol–water partition coefficient (Wildman–Crippen LogP) is -1.88. The Morgan fingerprint density at radius 1 is 0.444 bits per heavy atom. The molecular formula is C21H40N4O11. The van der Waals surface area contributed by atoms with Gasteiger partial charge in [0.25, 0.3) is 0 Å². The number of aromatic nitrogens is 3. The standard InChI is InChI=1S/C21H40N4O11/c26-2-6-30-10-9-29-5-1-22-19-23-20(35-17-15-33-13-11-31-7-3-27)25-21(24-19)36-18-16-34-14-12-32-8-4-28/h26-28H,1-18H2,(H,22,23,24,25). The van der Waals surface area contributed by atoms with Gasteiger partial charge in [-0.05, 0) is 0 Å². The topological polar surface area (TPSA) is 185 Å². The highest BCUT2D eigenvalue weighted by Crippen LogP contribution is 2.13. The molecule has 36 heavy (non-hydrogen) atoms. The summed E-state index contributed by atoms with van der Waals surface area (Å²) in [4.78, 5) is 12.6. The van der Waals surface area contributed by atoms with Gasteiger partial charge in [0.15, 0.2) is 0 Å². The Balaban J connectivity index is 2.40. The zero-order valence-corrected chi connectivity index (χ0v) is 20.7. The Morgan fingerprint density at radius 3 is 1.22 bits per heavy atom. The van der Waals surface area contributed by atoms with Crippen molar-refractivity contribution in [2.75, 3.05) is 124 Å². The van der Waals surface area contributed by atoms with Crippen LogP contribution in [0.4, 0.5) is 5.95 Å². The van der Waals surface area contributed by atoms with Gasteiger partial charge in [-0.3, -0.25) is 0 Å². The fourth-order valence-electron chi connectivity index (χ4n) is 2.32. The lowest BCUT2D eigenvalue weighted by atomic mass is 10.6. The first-order valence-corrected chi connectivity index (χ1v) is 11.8. The normalized spacial score (nSPS) is 11.1. The molecule has 1 aromatic rings. The Labute approximate surface area is 211 Å². The maximum Gasteiger partial charge on any atom is 0.324 e. The minimum Gasteiger partial charge on any atom is -0.461 e. The summed E-state index contributed by atoms with van der Waals surface area (Å²) in [6.07, 6.45) is 0. The zero-order chi connectivity index (χ0) is 25.9. The Morgan fingerprint density at radius 2 is 0.806 bits per heavy atom. The van der Waals surface area contributed by atoms with Crippen LogP contribution in [0.1, 0.15) is 0 Å². The lowest BCUT2D eigenvalue weighted by Crippen LogP contribution is -2.17. The minimum absolute atomic E-state index is 0.0217. The number of nitrogens with zero attached hydrogens (tertiary/aromatic N) is 3. The van der Waals surface area contributed by atoms with Crippen molar-refractivity contribution in [3.8, 4) is 12.0 Å². The number of hydrogen-bond donors (Lipinski definition) is 4. The first-order valence-electron chi connectivity index (χ1n) is 11.8. The number of rotatable bonds is 27. The van der Waals surface area contributed by atoms with Crippen molar-refractivity contribution >= 4 is 5.95 Å². The lowest BCUT2D eigenvalue weighted by molar-refractivity contribution is 0.0226. The summed E-state index contributed by atoms with van der Waals surface area (Å²) in [6, 6.07) is 0.138. The highest BCUT2D eigenvalue weighted by Gasteiger charge is 2.09. The lowest BCUT2D eigenvalue weighted by Gasteiger charge is -2.11. The zero-order valence-electron chi connectivity index (χ0n) is 20.7. The molecule has 0 bridgehead atoms. The van der Waals surface area contributed by atoms with Crippen LogP contribution in [0.25, 0.3) is 0 Å². The molecule has 0 spiro atoms. The monoisotopic (exact) mass is 524 g/mol. The molecule has 15 nitrogen and oxygen atoms in total. The fraction of sp³-hybridized carbons (Fsp3) is 0.857. The van der Waals surface area contributed by atoms with Crippen LogP contribution in [0.5, 0.6) is 12.0 Å². The van der Waals surface area contributed by atoms with E-state index in [2.05, 4.69) is 20.3 Å². The van der Waals surface area contributed by atoms with Crippen LogP contribution in [0.15, 0.2) is 0 Å². The van der Waals surface area contributed by atoms with Crippen LogP contribution in [0, 0.1) is 0 Å². The van der Waals surface area contributed by atoms with Gasteiger partial charge in [0, 0.05) is 6.54 Å². The van der Waals surface area contributed by atoms with E-state index >= 15 is 0 Å². The fourth-order valence-corrected chi connectivity index (χ4v) is 2.32. The van der Waals surface area contributed by atoms with E-state index < -0.39 is 0 Å². The summed E-state index contributed by atoms with van der Waals surface area (Å²) >= 11 is 0. The average Bonchev–Trinajstić information content (AvgIpc) is 2.89. The maximum atomic E-state index is 8.66. The van der Waals surface area contributed by atoms with Crippen molar-refractivity contribution in [2.24, 2.45) is 0 Å². The Kier molecular flexibility index (Phi) is 22.0. The molecule has 210 valence electrons. The van der Waals surface area contributed by atoms with Gasteiger partial charge in [0.2, 0.25) is 5.95 Å². The second-order valence-corrected chi connectivity index (χ2v) is 6.69. The molecule has 0 atom stereocenters. The molecule has 0 aliphatic heterocycles. The largest absolute Gasteiger partial charge is 0.461 e. The number of aliphatic hydroxyl groups excluding tert-OH is 3. The SMILES string of the molecule is OCCOCCOCCNc1nc(OCCOCCOCCO)nc(OCCOCCOCCO)n1. The molecule has 0 radical (unpaired) electrons. The summed E-state index contributed by atoms with van der Waals surface area (Å²) in [7, 11) is 0. The number of ether oxygens (including phenoxy) is 8. The Bertz CT molecular complexity index is 526. The summed E-state index contributed by atoms with van der Waals surface area (Å²) < 4.78 is 42.7. The van der Waals surface area contributed by atoms with Crippen LogP contribution >= 0.6 is 0 Å². The van der Waals surface area contributed by atoms with Crippen molar-refractivity contribution in [1.82, 2.24) is 15.0 Å². The van der Waals surface area contributed by atoms with E-state index in [1.54, 1.807) is 0 Å². The first-order chi connectivity index (χ1) is 17.8. The first kappa shape index (κ1) is 32.1. The second-order valence-electron chi connectivity index (χ2n) is 6.69. The van der Waals surface area contributed by atoms with Gasteiger partial charge in [-0.1, -0.05) is 0 Å². The molecule has 0 unspecified atom stereocenters. The van der Waals surface area contributed by atoms with Gasteiger partial charge in [-0.25, -0.2) is 0 Å². The van der Waals surface area contributed by atoms with Crippen LogP contribution < -0.4 is 14.8 Å². The molecule has 1 rings (SSSR count). The molecule has 1 heterocycles. The summed E-state index contributed by atoms with van der Waals surface area (Å²) in [6.45, 7) is 4.87. The molecule has 0 saturated heterocycles. The van der Waals surface area contributed by atoms with E-state index in [1.807, 2.05) is 0 Å². The van der Waals surface area contributed by atoms with Crippen LogP contribution in [-0.2, 0) is 28.4 Å². The number of hydrogen-bond acceptors (Lipinski definition) is 15. The van der Waals surface area contributed by atoms with Gasteiger partial charge in [0.1, 0.15) is 13.2 Å².